The molecule has 4 rings (SSSR count). The first-order valence-electron chi connectivity index (χ1n) is 9.19. The van der Waals surface area contributed by atoms with Gasteiger partial charge in [0.15, 0.2) is 5.82 Å². The Kier molecular flexibility index (Phi) is 5.84. The maximum atomic E-state index is 14.7. The van der Waals surface area contributed by atoms with Crippen molar-refractivity contribution in [1.29, 1.82) is 0 Å². The van der Waals surface area contributed by atoms with Crippen molar-refractivity contribution in [2.24, 2.45) is 0 Å². The van der Waals surface area contributed by atoms with Crippen molar-refractivity contribution in [1.82, 2.24) is 19.7 Å². The SMILES string of the molecule is CCOC(=O)c1c(Cl)nc(-c2nn(Cc3ccccc3F)c3c(F)cccc23)nc1Cl. The number of halogens is 4. The Balaban J connectivity index is 1.87. The summed E-state index contributed by atoms with van der Waals surface area (Å²) in [6.45, 7) is 1.74. The van der Waals surface area contributed by atoms with Crippen molar-refractivity contribution >= 4 is 40.1 Å². The molecule has 0 spiro atoms. The van der Waals surface area contributed by atoms with Gasteiger partial charge in [0.1, 0.15) is 38.7 Å². The van der Waals surface area contributed by atoms with E-state index in [-0.39, 0.29) is 46.1 Å². The predicted molar refractivity (Wildman–Crippen MR) is 112 cm³/mol. The molecule has 0 saturated heterocycles. The van der Waals surface area contributed by atoms with E-state index in [2.05, 4.69) is 15.1 Å². The molecule has 0 fully saturated rings. The summed E-state index contributed by atoms with van der Waals surface area (Å²) in [4.78, 5) is 20.3. The van der Waals surface area contributed by atoms with Crippen molar-refractivity contribution in [2.45, 2.75) is 13.5 Å². The highest BCUT2D eigenvalue weighted by Crippen LogP contribution is 2.31. The third-order valence-corrected chi connectivity index (χ3v) is 5.06. The highest BCUT2D eigenvalue weighted by molar-refractivity contribution is 6.38. The third kappa shape index (κ3) is 3.96. The minimum Gasteiger partial charge on any atom is -0.462 e. The molecule has 2 aromatic heterocycles. The molecule has 0 aliphatic rings. The fourth-order valence-corrected chi connectivity index (χ4v) is 3.69. The van der Waals surface area contributed by atoms with Crippen LogP contribution >= 0.6 is 23.2 Å². The summed E-state index contributed by atoms with van der Waals surface area (Å²) >= 11 is 12.3. The number of ether oxygens (including phenoxy) is 1. The number of hydrogen-bond acceptors (Lipinski definition) is 5. The fourth-order valence-electron chi connectivity index (χ4n) is 3.15. The molecule has 4 aromatic rings. The van der Waals surface area contributed by atoms with E-state index in [1.165, 1.54) is 22.9 Å². The Bertz CT molecular complexity index is 1290. The third-order valence-electron chi connectivity index (χ3n) is 4.51. The molecule has 0 radical (unpaired) electrons. The second-order valence-corrected chi connectivity index (χ2v) is 7.17. The van der Waals surface area contributed by atoms with E-state index in [0.717, 1.165) is 0 Å². The molecular weight excluding hydrogens is 449 g/mol. The van der Waals surface area contributed by atoms with Gasteiger partial charge >= 0.3 is 5.97 Å². The zero-order valence-electron chi connectivity index (χ0n) is 16.1. The van der Waals surface area contributed by atoms with Crippen LogP contribution in [-0.2, 0) is 11.3 Å². The van der Waals surface area contributed by atoms with E-state index < -0.39 is 17.6 Å². The molecule has 0 atom stereocenters. The number of nitrogens with zero attached hydrogens (tertiary/aromatic N) is 4. The molecule has 31 heavy (non-hydrogen) atoms. The summed E-state index contributed by atoms with van der Waals surface area (Å²) in [7, 11) is 0. The van der Waals surface area contributed by atoms with Crippen molar-refractivity contribution in [3.63, 3.8) is 0 Å². The second-order valence-electron chi connectivity index (χ2n) is 6.46. The number of hydrogen-bond donors (Lipinski definition) is 0. The van der Waals surface area contributed by atoms with Gasteiger partial charge < -0.3 is 4.74 Å². The predicted octanol–water partition coefficient (Wildman–Crippen LogP) is 5.30. The number of carbonyl (C=O) groups excluding carboxylic acids is 1. The molecule has 0 bridgehead atoms. The average molecular weight is 463 g/mol. The Hall–Kier alpha value is -3.10. The van der Waals surface area contributed by atoms with Crippen LogP contribution in [0.15, 0.2) is 42.5 Å². The summed E-state index contributed by atoms with van der Waals surface area (Å²) in [6, 6.07) is 10.6. The fraction of sp³-hybridized carbons (Fsp3) is 0.143. The molecular formula is C21H14Cl2F2N4O2. The molecule has 6 nitrogen and oxygen atoms in total. The van der Waals surface area contributed by atoms with Crippen molar-refractivity contribution in [3.8, 4) is 11.5 Å². The van der Waals surface area contributed by atoms with Gasteiger partial charge in [-0.25, -0.2) is 23.5 Å². The van der Waals surface area contributed by atoms with Gasteiger partial charge in [-0.05, 0) is 19.1 Å². The number of aromatic nitrogens is 4. The maximum Gasteiger partial charge on any atom is 0.344 e. The lowest BCUT2D eigenvalue weighted by Gasteiger charge is -2.07. The molecule has 0 aliphatic heterocycles. The van der Waals surface area contributed by atoms with Crippen LogP contribution in [0.5, 0.6) is 0 Å². The molecule has 2 heterocycles. The standard InChI is InChI=1S/C21H14Cl2F2N4O2/c1-2-31-21(30)15-18(22)26-20(27-19(15)23)16-12-7-5-9-14(25)17(12)29(28-16)10-11-6-3-4-8-13(11)24/h3-9H,2,10H2,1H3. The smallest absolute Gasteiger partial charge is 0.344 e. The van der Waals surface area contributed by atoms with Crippen LogP contribution in [0, 0.1) is 11.6 Å². The highest BCUT2D eigenvalue weighted by Gasteiger charge is 2.24. The zero-order valence-corrected chi connectivity index (χ0v) is 17.6. The van der Waals surface area contributed by atoms with E-state index in [1.807, 2.05) is 0 Å². The summed E-state index contributed by atoms with van der Waals surface area (Å²) < 4.78 is 35.1. The lowest BCUT2D eigenvalue weighted by molar-refractivity contribution is 0.0526. The Morgan fingerprint density at radius 2 is 1.71 bits per heavy atom. The number of fused-ring (bicyclic) bond motifs is 1. The van der Waals surface area contributed by atoms with Crippen molar-refractivity contribution in [2.75, 3.05) is 6.61 Å². The molecule has 158 valence electrons. The van der Waals surface area contributed by atoms with Gasteiger partial charge in [-0.1, -0.05) is 53.5 Å². The average Bonchev–Trinajstić information content (AvgIpc) is 3.09. The van der Waals surface area contributed by atoms with Crippen molar-refractivity contribution in [3.05, 3.63) is 75.5 Å². The Morgan fingerprint density at radius 1 is 1.03 bits per heavy atom. The van der Waals surface area contributed by atoms with Gasteiger partial charge in [0, 0.05) is 10.9 Å². The van der Waals surface area contributed by atoms with Crippen LogP contribution in [0.25, 0.3) is 22.4 Å². The number of para-hydroxylation sites is 1. The monoisotopic (exact) mass is 462 g/mol. The summed E-state index contributed by atoms with van der Waals surface area (Å²) in [5.74, 6) is -1.76. The van der Waals surface area contributed by atoms with Gasteiger partial charge in [0.2, 0.25) is 0 Å². The second kappa shape index (κ2) is 8.56. The molecule has 0 N–H and O–H groups in total. The first kappa shape index (κ1) is 21.1. The van der Waals surface area contributed by atoms with Crippen LogP contribution in [0.1, 0.15) is 22.8 Å². The number of rotatable bonds is 5. The molecule has 10 heteroatoms. The van der Waals surface area contributed by atoms with Crippen LogP contribution in [0.3, 0.4) is 0 Å². The molecule has 0 unspecified atom stereocenters. The summed E-state index contributed by atoms with van der Waals surface area (Å²) in [6.07, 6.45) is 0. The van der Waals surface area contributed by atoms with Crippen LogP contribution in [0.2, 0.25) is 10.3 Å². The van der Waals surface area contributed by atoms with E-state index in [0.29, 0.717) is 10.9 Å². The number of benzene rings is 2. The van der Waals surface area contributed by atoms with Crippen LogP contribution in [0.4, 0.5) is 8.78 Å². The number of esters is 1. The molecule has 2 aromatic carbocycles. The van der Waals surface area contributed by atoms with Gasteiger partial charge in [-0.15, -0.1) is 0 Å². The first-order valence-corrected chi connectivity index (χ1v) is 9.95. The van der Waals surface area contributed by atoms with E-state index in [4.69, 9.17) is 27.9 Å². The molecule has 0 amide bonds. The first-order chi connectivity index (χ1) is 14.9. The Labute approximate surface area is 185 Å². The van der Waals surface area contributed by atoms with Crippen molar-refractivity contribution < 1.29 is 18.3 Å². The molecule has 0 aliphatic carbocycles. The maximum absolute atomic E-state index is 14.7. The minimum absolute atomic E-state index is 0.00840. The highest BCUT2D eigenvalue weighted by atomic mass is 35.5. The van der Waals surface area contributed by atoms with E-state index >= 15 is 0 Å². The van der Waals surface area contributed by atoms with E-state index in [9.17, 15) is 13.6 Å². The Morgan fingerprint density at radius 3 is 2.39 bits per heavy atom. The number of carbonyl (C=O) groups is 1. The normalized spacial score (nSPS) is 11.1. The van der Waals surface area contributed by atoms with Gasteiger partial charge in [0.05, 0.1) is 13.2 Å². The van der Waals surface area contributed by atoms with E-state index in [1.54, 1.807) is 31.2 Å². The minimum atomic E-state index is -0.759. The topological polar surface area (TPSA) is 69.9 Å². The summed E-state index contributed by atoms with van der Waals surface area (Å²) in [5, 5.41) is 4.34. The lowest BCUT2D eigenvalue weighted by atomic mass is 10.2. The largest absolute Gasteiger partial charge is 0.462 e. The van der Waals surface area contributed by atoms with Crippen LogP contribution < -0.4 is 0 Å². The van der Waals surface area contributed by atoms with Gasteiger partial charge in [-0.3, -0.25) is 4.68 Å². The van der Waals surface area contributed by atoms with Gasteiger partial charge in [0.25, 0.3) is 0 Å². The van der Waals surface area contributed by atoms with Gasteiger partial charge in [-0.2, -0.15) is 5.10 Å². The quantitative estimate of drug-likeness (QED) is 0.297. The summed E-state index contributed by atoms with van der Waals surface area (Å²) in [5.41, 5.74) is 0.489. The zero-order chi connectivity index (χ0) is 22.1. The van der Waals surface area contributed by atoms with Crippen LogP contribution in [-0.4, -0.2) is 32.3 Å². The lowest BCUT2D eigenvalue weighted by Crippen LogP contribution is -2.09. The molecule has 0 saturated carbocycles.